The van der Waals surface area contributed by atoms with Crippen LogP contribution in [0.5, 0.6) is 0 Å². The van der Waals surface area contributed by atoms with Gasteiger partial charge in [-0.25, -0.2) is 22.0 Å². The van der Waals surface area contributed by atoms with Crippen LogP contribution in [0.1, 0.15) is 0 Å². The van der Waals surface area contributed by atoms with E-state index in [1.54, 1.807) is 0 Å². The summed E-state index contributed by atoms with van der Waals surface area (Å²) in [5, 5.41) is 0. The summed E-state index contributed by atoms with van der Waals surface area (Å²) in [5.74, 6) is -11.4. The first-order valence-corrected chi connectivity index (χ1v) is 4.80. The van der Waals surface area contributed by atoms with Gasteiger partial charge in [0, 0.05) is 0 Å². The van der Waals surface area contributed by atoms with Gasteiger partial charge in [0.05, 0.1) is 0 Å². The first-order valence-electron chi connectivity index (χ1n) is 3.56. The van der Waals surface area contributed by atoms with E-state index in [1.807, 2.05) is 0 Å². The van der Waals surface area contributed by atoms with Gasteiger partial charge in [-0.05, 0) is 22.6 Å². The van der Waals surface area contributed by atoms with E-state index in [0.717, 1.165) is 0 Å². The lowest BCUT2D eigenvalue weighted by atomic mass is 10.0. The van der Waals surface area contributed by atoms with E-state index in [2.05, 4.69) is 0 Å². The van der Waals surface area contributed by atoms with Crippen LogP contribution in [0.15, 0.2) is 0 Å². The van der Waals surface area contributed by atoms with Crippen molar-refractivity contribution >= 4 is 22.6 Å². The van der Waals surface area contributed by atoms with Crippen LogP contribution in [0.25, 0.3) is 0 Å². The third-order valence-corrected chi connectivity index (χ3v) is 2.37. The highest BCUT2D eigenvalue weighted by Crippen LogP contribution is 2.45. The summed E-state index contributed by atoms with van der Waals surface area (Å²) < 4.78 is 106. The highest BCUT2D eigenvalue weighted by molar-refractivity contribution is 14.1. The molecule has 0 aromatic heterocycles. The molecule has 0 saturated heterocycles. The van der Waals surface area contributed by atoms with E-state index in [1.165, 1.54) is 0 Å². The summed E-state index contributed by atoms with van der Waals surface area (Å²) in [4.78, 5) is 0. The lowest BCUT2D eigenvalue weighted by Gasteiger charge is -2.30. The van der Waals surface area contributed by atoms with Crippen molar-refractivity contribution < 1.29 is 39.5 Å². The molecular weight excluding hydrogens is 370 g/mol. The van der Waals surface area contributed by atoms with Crippen molar-refractivity contribution in [3.8, 4) is 0 Å². The van der Waals surface area contributed by atoms with Crippen LogP contribution in [0, 0.1) is 0 Å². The zero-order valence-corrected chi connectivity index (χ0v) is 9.25. The van der Waals surface area contributed by atoms with Gasteiger partial charge in [-0.15, -0.1) is 0 Å². The molecule has 0 aromatic rings. The molecule has 3 atom stereocenters. The Morgan fingerprint density at radius 2 is 1.12 bits per heavy atom. The zero-order valence-electron chi connectivity index (χ0n) is 7.09. The van der Waals surface area contributed by atoms with E-state index < -0.39 is 34.8 Å². The van der Waals surface area contributed by atoms with Crippen molar-refractivity contribution in [2.75, 3.05) is 0 Å². The Bertz CT molecular complexity index is 228. The average molecular weight is 374 g/mol. The maximum atomic E-state index is 12.5. The highest BCUT2D eigenvalue weighted by Gasteiger charge is 2.68. The van der Waals surface area contributed by atoms with Crippen LogP contribution in [0.2, 0.25) is 0 Å². The average Bonchev–Trinajstić information content (AvgIpc) is 2.14. The summed E-state index contributed by atoms with van der Waals surface area (Å²) in [6, 6.07) is 0. The molecule has 0 heterocycles. The largest absolute Gasteiger partial charge is 0.352 e. The van der Waals surface area contributed by atoms with E-state index in [9.17, 15) is 39.5 Å². The van der Waals surface area contributed by atoms with Crippen LogP contribution in [-0.4, -0.2) is 34.8 Å². The Morgan fingerprint density at radius 1 is 0.750 bits per heavy atom. The van der Waals surface area contributed by atoms with Gasteiger partial charge in [-0.3, -0.25) is 0 Å². The molecule has 0 bridgehead atoms. The predicted molar refractivity (Wildman–Crippen MR) is 44.6 cm³/mol. The van der Waals surface area contributed by atoms with Gasteiger partial charge in [0.2, 0.25) is 10.4 Å². The van der Waals surface area contributed by atoms with Gasteiger partial charge in [0.1, 0.15) is 0 Å². The normalized spacial score (nSPS) is 19.7. The zero-order chi connectivity index (χ0) is 13.3. The maximum absolute atomic E-state index is 12.5. The molecule has 0 N–H and O–H groups in total. The van der Waals surface area contributed by atoms with Gasteiger partial charge < -0.3 is 0 Å². The quantitative estimate of drug-likeness (QED) is 0.389. The molecule has 0 amide bonds. The van der Waals surface area contributed by atoms with Crippen molar-refractivity contribution in [1.29, 1.82) is 0 Å². The van der Waals surface area contributed by atoms with Crippen molar-refractivity contribution in [2.24, 2.45) is 0 Å². The number of rotatable bonds is 5. The minimum Gasteiger partial charge on any atom is -0.238 e. The summed E-state index contributed by atoms with van der Waals surface area (Å²) in [6.45, 7) is 0. The number of alkyl halides is 10. The molecule has 0 nitrogen and oxygen atoms in total. The fourth-order valence-corrected chi connectivity index (χ4v) is 1.07. The second kappa shape index (κ2) is 5.17. The van der Waals surface area contributed by atoms with Crippen molar-refractivity contribution in [3.05, 3.63) is 0 Å². The van der Waals surface area contributed by atoms with Crippen LogP contribution in [0.3, 0.4) is 0 Å². The molecule has 3 unspecified atom stereocenters. The number of hydrogen-bond donors (Lipinski definition) is 0. The first kappa shape index (κ1) is 16.1. The molecule has 0 fully saturated rings. The molecule has 0 aliphatic rings. The fraction of sp³-hybridized carbons (Fsp3) is 1.00. The Balaban J connectivity index is 5.05. The summed E-state index contributed by atoms with van der Waals surface area (Å²) >= 11 is 0.211. The molecule has 0 aromatic carbocycles. The van der Waals surface area contributed by atoms with Crippen LogP contribution >= 0.6 is 22.6 Å². The van der Waals surface area contributed by atoms with Gasteiger partial charge in [-0.2, -0.15) is 17.6 Å². The Morgan fingerprint density at radius 3 is 1.38 bits per heavy atom. The molecule has 0 saturated carbocycles. The lowest BCUT2D eigenvalue weighted by Crippen LogP contribution is -2.55. The van der Waals surface area contributed by atoms with Crippen LogP contribution in [-0.2, 0) is 0 Å². The molecule has 10 heteroatoms. The van der Waals surface area contributed by atoms with Crippen LogP contribution in [0.4, 0.5) is 39.5 Å². The summed E-state index contributed by atoms with van der Waals surface area (Å²) in [7, 11) is 0. The van der Waals surface area contributed by atoms with Gasteiger partial charge in [0.25, 0.3) is 6.43 Å². The van der Waals surface area contributed by atoms with E-state index in [0.29, 0.717) is 0 Å². The molecule has 0 aliphatic carbocycles. The number of halogens is 10. The van der Waals surface area contributed by atoms with E-state index in [4.69, 9.17) is 0 Å². The topological polar surface area (TPSA) is 0 Å². The first-order chi connectivity index (χ1) is 6.96. The third-order valence-electron chi connectivity index (χ3n) is 1.59. The second-order valence-corrected chi connectivity index (χ2v) is 3.82. The SMILES string of the molecule is FC(F)C(F)C(F)C(F)(F)C(F)(F)C(F)I. The molecular formula is C6H4F9I. The summed E-state index contributed by atoms with van der Waals surface area (Å²) in [5.41, 5.74) is 0. The number of hydrogen-bond acceptors (Lipinski definition) is 0. The molecule has 0 radical (unpaired) electrons. The predicted octanol–water partition coefficient (Wildman–Crippen LogP) is 3.93. The molecule has 0 aliphatic heterocycles. The van der Waals surface area contributed by atoms with Crippen molar-refractivity contribution in [1.82, 2.24) is 0 Å². The minimum absolute atomic E-state index is 0.211. The third kappa shape index (κ3) is 2.86. The molecule has 98 valence electrons. The summed E-state index contributed by atoms with van der Waals surface area (Å²) in [6.07, 6.45) is -12.8. The van der Waals surface area contributed by atoms with Gasteiger partial charge >= 0.3 is 11.8 Å². The Labute approximate surface area is 97.3 Å². The standard InChI is InChI=1S/C6H4F9I/c7-1(3(9)10)2(8)5(12,13)6(14,15)4(11)16/h1-4H. The molecule has 16 heavy (non-hydrogen) atoms. The lowest BCUT2D eigenvalue weighted by molar-refractivity contribution is -0.262. The Kier molecular flexibility index (Phi) is 5.20. The van der Waals surface area contributed by atoms with E-state index >= 15 is 0 Å². The van der Waals surface area contributed by atoms with Crippen molar-refractivity contribution in [3.63, 3.8) is 0 Å². The smallest absolute Gasteiger partial charge is 0.238 e. The molecule has 0 rings (SSSR count). The highest BCUT2D eigenvalue weighted by atomic mass is 127. The molecule has 0 spiro atoms. The van der Waals surface area contributed by atoms with Crippen molar-refractivity contribution in [2.45, 2.75) is 34.8 Å². The van der Waals surface area contributed by atoms with Gasteiger partial charge in [-0.1, -0.05) is 0 Å². The minimum atomic E-state index is -5.86. The van der Waals surface area contributed by atoms with E-state index in [-0.39, 0.29) is 22.6 Å². The van der Waals surface area contributed by atoms with Crippen LogP contribution < -0.4 is 0 Å². The van der Waals surface area contributed by atoms with Gasteiger partial charge in [0.15, 0.2) is 6.17 Å². The maximum Gasteiger partial charge on any atom is 0.352 e. The monoisotopic (exact) mass is 374 g/mol. The Hall–Kier alpha value is 0.1000. The second-order valence-electron chi connectivity index (χ2n) is 2.73. The fourth-order valence-electron chi connectivity index (χ4n) is 0.657.